The number of aryl methyl sites for hydroxylation is 1. The smallest absolute Gasteiger partial charge is 0.114 e. The Morgan fingerprint density at radius 3 is 2.92 bits per heavy atom. The fraction of sp³-hybridized carbons (Fsp3) is 0.600. The molecule has 0 aromatic carbocycles. The number of rotatable bonds is 0. The van der Waals surface area contributed by atoms with Gasteiger partial charge in [-0.05, 0) is 18.6 Å². The predicted octanol–water partition coefficient (Wildman–Crippen LogP) is 2.19. The molecule has 1 nitrogen and oxygen atoms in total. The molecular weight excluding hydrogens is 166 g/mol. The fourth-order valence-electron chi connectivity index (χ4n) is 1.85. The monoisotopic (exact) mass is 182 g/mol. The number of likely N-dealkylation sites (N-methyl/N-ethyl adjacent to an activating group) is 1. The van der Waals surface area contributed by atoms with E-state index in [4.69, 9.17) is 0 Å². The van der Waals surface area contributed by atoms with Gasteiger partial charge in [-0.3, -0.25) is 0 Å². The summed E-state index contributed by atoms with van der Waals surface area (Å²) in [6.07, 6.45) is 1.27. The van der Waals surface area contributed by atoms with Crippen molar-refractivity contribution >= 4 is 11.3 Å². The highest BCUT2D eigenvalue weighted by atomic mass is 32.1. The van der Waals surface area contributed by atoms with Crippen LogP contribution in [0.25, 0.3) is 0 Å². The van der Waals surface area contributed by atoms with Gasteiger partial charge >= 0.3 is 0 Å². The molecule has 1 aromatic heterocycles. The normalized spacial score (nSPS) is 20.6. The van der Waals surface area contributed by atoms with Gasteiger partial charge in [0, 0.05) is 11.3 Å². The first-order chi connectivity index (χ1) is 5.57. The van der Waals surface area contributed by atoms with E-state index < -0.39 is 0 Å². The molecule has 0 N–H and O–H groups in total. The van der Waals surface area contributed by atoms with E-state index in [1.165, 1.54) is 24.4 Å². The van der Waals surface area contributed by atoms with E-state index in [1.54, 1.807) is 10.4 Å². The van der Waals surface area contributed by atoms with Gasteiger partial charge in [0.2, 0.25) is 0 Å². The third-order valence-corrected chi connectivity index (χ3v) is 3.66. The third kappa shape index (κ3) is 1.41. The molecule has 0 radical (unpaired) electrons. The maximum atomic E-state index is 2.36. The Hall–Kier alpha value is -0.340. The van der Waals surface area contributed by atoms with Gasteiger partial charge in [-0.15, -0.1) is 11.3 Å². The van der Waals surface area contributed by atoms with Crippen LogP contribution in [0.5, 0.6) is 0 Å². The topological polar surface area (TPSA) is 0 Å². The van der Waals surface area contributed by atoms with Crippen LogP contribution in [0.4, 0.5) is 0 Å². The largest absolute Gasteiger partial charge is 0.324 e. The second-order valence-corrected chi connectivity index (χ2v) is 5.71. The van der Waals surface area contributed by atoms with Crippen molar-refractivity contribution in [2.45, 2.75) is 19.9 Å². The standard InChI is InChI=1S/C10H16NS/c1-8-6-9-4-5-11(2,3)7-10(9)12-8/h6H,4-5,7H2,1-3H3/q+1. The van der Waals surface area contributed by atoms with Gasteiger partial charge in [0.05, 0.1) is 25.5 Å². The van der Waals surface area contributed by atoms with Crippen molar-refractivity contribution in [2.75, 3.05) is 20.6 Å². The lowest BCUT2D eigenvalue weighted by atomic mass is 10.1. The lowest BCUT2D eigenvalue weighted by molar-refractivity contribution is -0.905. The molecule has 66 valence electrons. The molecule has 0 bridgehead atoms. The Balaban J connectivity index is 2.34. The Morgan fingerprint density at radius 2 is 2.17 bits per heavy atom. The van der Waals surface area contributed by atoms with E-state index in [2.05, 4.69) is 27.1 Å². The minimum absolute atomic E-state index is 1.16. The highest BCUT2D eigenvalue weighted by Gasteiger charge is 2.25. The minimum atomic E-state index is 1.16. The van der Waals surface area contributed by atoms with Crippen LogP contribution in [0.2, 0.25) is 0 Å². The summed E-state index contributed by atoms with van der Waals surface area (Å²) < 4.78 is 1.16. The van der Waals surface area contributed by atoms with E-state index in [0.717, 1.165) is 4.48 Å². The van der Waals surface area contributed by atoms with Gasteiger partial charge < -0.3 is 4.48 Å². The Kier molecular flexibility index (Phi) is 1.77. The molecule has 0 saturated heterocycles. The van der Waals surface area contributed by atoms with Crippen LogP contribution >= 0.6 is 11.3 Å². The van der Waals surface area contributed by atoms with Crippen LogP contribution in [0, 0.1) is 6.92 Å². The first kappa shape index (κ1) is 8.27. The highest BCUT2D eigenvalue weighted by molar-refractivity contribution is 7.12. The Labute approximate surface area is 78.2 Å². The average molecular weight is 182 g/mol. The van der Waals surface area contributed by atoms with Crippen molar-refractivity contribution < 1.29 is 4.48 Å². The number of thiophene rings is 1. The summed E-state index contributed by atoms with van der Waals surface area (Å²) in [4.78, 5) is 3.09. The van der Waals surface area contributed by atoms with Crippen molar-refractivity contribution in [3.8, 4) is 0 Å². The molecule has 0 amide bonds. The van der Waals surface area contributed by atoms with Gasteiger partial charge in [-0.25, -0.2) is 0 Å². The molecule has 0 atom stereocenters. The molecule has 0 spiro atoms. The number of hydrogen-bond donors (Lipinski definition) is 0. The maximum absolute atomic E-state index is 2.36. The first-order valence-corrected chi connectivity index (χ1v) is 5.29. The number of hydrogen-bond acceptors (Lipinski definition) is 1. The zero-order chi connectivity index (χ0) is 8.77. The molecule has 12 heavy (non-hydrogen) atoms. The summed E-state index contributed by atoms with van der Waals surface area (Å²) in [5.74, 6) is 0. The van der Waals surface area contributed by atoms with Gasteiger partial charge in [-0.2, -0.15) is 0 Å². The molecule has 0 fully saturated rings. The quantitative estimate of drug-likeness (QED) is 0.540. The summed E-state index contributed by atoms with van der Waals surface area (Å²) in [6, 6.07) is 2.36. The van der Waals surface area contributed by atoms with Crippen molar-refractivity contribution in [1.82, 2.24) is 0 Å². The SMILES string of the molecule is Cc1cc2c(s1)C[N+](C)(C)CC2. The van der Waals surface area contributed by atoms with Gasteiger partial charge in [-0.1, -0.05) is 0 Å². The lowest BCUT2D eigenvalue weighted by Gasteiger charge is -2.33. The van der Waals surface area contributed by atoms with Crippen molar-refractivity contribution in [1.29, 1.82) is 0 Å². The van der Waals surface area contributed by atoms with Crippen LogP contribution in [-0.2, 0) is 13.0 Å². The average Bonchev–Trinajstić information content (AvgIpc) is 2.26. The summed E-state index contributed by atoms with van der Waals surface area (Å²) in [7, 11) is 4.63. The van der Waals surface area contributed by atoms with Crippen LogP contribution in [0.3, 0.4) is 0 Å². The minimum Gasteiger partial charge on any atom is -0.324 e. The zero-order valence-electron chi connectivity index (χ0n) is 8.05. The van der Waals surface area contributed by atoms with Crippen molar-refractivity contribution in [3.63, 3.8) is 0 Å². The highest BCUT2D eigenvalue weighted by Crippen LogP contribution is 2.29. The number of nitrogens with zero attached hydrogens (tertiary/aromatic N) is 1. The molecule has 2 heterocycles. The van der Waals surface area contributed by atoms with E-state index in [9.17, 15) is 0 Å². The van der Waals surface area contributed by atoms with Gasteiger partial charge in [0.1, 0.15) is 6.54 Å². The molecule has 1 aliphatic rings. The predicted molar refractivity (Wildman–Crippen MR) is 53.4 cm³/mol. The van der Waals surface area contributed by atoms with E-state index in [-0.39, 0.29) is 0 Å². The molecule has 2 rings (SSSR count). The summed E-state index contributed by atoms with van der Waals surface area (Å²) in [5.41, 5.74) is 1.61. The van der Waals surface area contributed by atoms with E-state index in [0.29, 0.717) is 0 Å². The second-order valence-electron chi connectivity index (χ2n) is 4.37. The van der Waals surface area contributed by atoms with E-state index in [1.807, 2.05) is 11.3 Å². The molecule has 1 aromatic rings. The summed E-state index contributed by atoms with van der Waals surface area (Å²) in [6.45, 7) is 4.74. The lowest BCUT2D eigenvalue weighted by Crippen LogP contribution is -2.42. The van der Waals surface area contributed by atoms with Crippen molar-refractivity contribution in [3.05, 3.63) is 21.4 Å². The van der Waals surface area contributed by atoms with Gasteiger partial charge in [0.25, 0.3) is 0 Å². The number of quaternary nitrogens is 1. The molecule has 0 saturated carbocycles. The zero-order valence-corrected chi connectivity index (χ0v) is 8.87. The van der Waals surface area contributed by atoms with Crippen LogP contribution < -0.4 is 0 Å². The molecule has 0 unspecified atom stereocenters. The van der Waals surface area contributed by atoms with Gasteiger partial charge in [0.15, 0.2) is 0 Å². The van der Waals surface area contributed by atoms with Crippen LogP contribution in [0.15, 0.2) is 6.07 Å². The molecule has 0 aliphatic carbocycles. The molecule has 1 aliphatic heterocycles. The van der Waals surface area contributed by atoms with Crippen LogP contribution in [-0.4, -0.2) is 25.1 Å². The first-order valence-electron chi connectivity index (χ1n) is 4.47. The second kappa shape index (κ2) is 2.57. The maximum Gasteiger partial charge on any atom is 0.114 e. The third-order valence-electron chi connectivity index (χ3n) is 2.58. The number of fused-ring (bicyclic) bond motifs is 1. The van der Waals surface area contributed by atoms with Crippen molar-refractivity contribution in [2.24, 2.45) is 0 Å². The Morgan fingerprint density at radius 1 is 1.42 bits per heavy atom. The summed E-state index contributed by atoms with van der Waals surface area (Å²) in [5, 5.41) is 0. The van der Waals surface area contributed by atoms with Crippen LogP contribution in [0.1, 0.15) is 15.3 Å². The molecular formula is C10H16NS+. The van der Waals surface area contributed by atoms with E-state index >= 15 is 0 Å². The Bertz CT molecular complexity index is 299. The molecule has 2 heteroatoms. The summed E-state index contributed by atoms with van der Waals surface area (Å²) >= 11 is 1.98. The fourth-order valence-corrected chi connectivity index (χ4v) is 3.15.